The fourth-order valence-electron chi connectivity index (χ4n) is 5.40. The standard InChI is InChI=1S/C25H44N4O3.C8H17NOS.C3H8/c1-18(2)29-16-9-8-12-20(29)22(30)26-21(25(4,5)6)24(32)27(7)17-13-19(3)23(31)28-14-10-11-15-28;1-7(2)9-8(6-10)4-5-11-3;1-3-2/h13,18,20-21H,8-12,14-17H2,1-7H3,(H,26,30);8-10H,1,4-6H2,2-3H3;3H2,1-2H3/b19-13+;;. The number of likely N-dealkylation sites (N-methyl/N-ethyl adjacent to an activating group) is 1. The Morgan fingerprint density at radius 2 is 1.61 bits per heavy atom. The summed E-state index contributed by atoms with van der Waals surface area (Å²) in [5, 5.41) is 15.1. The zero-order chi connectivity index (χ0) is 35.4. The van der Waals surface area contributed by atoms with Gasteiger partial charge in [-0.15, -0.1) is 0 Å². The van der Waals surface area contributed by atoms with Crippen molar-refractivity contribution in [1.82, 2.24) is 25.3 Å². The Kier molecular flexibility index (Phi) is 22.3. The second-order valence-corrected chi connectivity index (χ2v) is 15.0. The number of nitrogens with one attached hydrogen (secondary N) is 2. The highest BCUT2D eigenvalue weighted by atomic mass is 32.2. The molecule has 0 aromatic heterocycles. The number of carbonyl (C=O) groups excluding carboxylic acids is 3. The van der Waals surface area contributed by atoms with E-state index in [0.717, 1.165) is 69.6 Å². The van der Waals surface area contributed by atoms with E-state index in [1.165, 1.54) is 6.42 Å². The molecule has 10 heteroatoms. The lowest BCUT2D eigenvalue weighted by molar-refractivity contribution is -0.140. The molecule has 3 unspecified atom stereocenters. The highest BCUT2D eigenvalue weighted by Crippen LogP contribution is 2.24. The highest BCUT2D eigenvalue weighted by molar-refractivity contribution is 7.98. The molecule has 0 saturated carbocycles. The van der Waals surface area contributed by atoms with E-state index in [1.807, 2.05) is 45.6 Å². The van der Waals surface area contributed by atoms with E-state index in [4.69, 9.17) is 5.11 Å². The number of aliphatic hydroxyl groups excluding tert-OH is 1. The number of aliphatic hydroxyl groups is 1. The van der Waals surface area contributed by atoms with Crippen LogP contribution in [0.3, 0.4) is 0 Å². The Hall–Kier alpha value is -2.04. The van der Waals surface area contributed by atoms with Gasteiger partial charge in [0.2, 0.25) is 17.7 Å². The van der Waals surface area contributed by atoms with E-state index < -0.39 is 11.5 Å². The normalized spacial score (nSPS) is 18.4. The number of likely N-dealkylation sites (tertiary alicyclic amines) is 2. The molecular formula is C36H69N5O4S. The lowest BCUT2D eigenvalue weighted by Crippen LogP contribution is -2.59. The molecule has 2 saturated heterocycles. The average molecular weight is 668 g/mol. The molecule has 2 rings (SSSR count). The quantitative estimate of drug-likeness (QED) is 0.225. The monoisotopic (exact) mass is 668 g/mol. The van der Waals surface area contributed by atoms with Crippen LogP contribution in [0.2, 0.25) is 0 Å². The molecule has 0 aromatic carbocycles. The fraction of sp³-hybridized carbons (Fsp3) is 0.806. The molecule has 0 spiro atoms. The van der Waals surface area contributed by atoms with E-state index in [9.17, 15) is 14.4 Å². The first kappa shape index (κ1) is 44.0. The van der Waals surface area contributed by atoms with Crippen LogP contribution in [-0.4, -0.2) is 114 Å². The molecule has 0 aromatic rings. The molecule has 2 aliphatic heterocycles. The highest BCUT2D eigenvalue weighted by Gasteiger charge is 2.38. The molecule has 3 atom stereocenters. The number of hydrogen-bond donors (Lipinski definition) is 3. The van der Waals surface area contributed by atoms with Gasteiger partial charge in [0.15, 0.2) is 0 Å². The third-order valence-corrected chi connectivity index (χ3v) is 8.67. The third-order valence-electron chi connectivity index (χ3n) is 8.03. The SMILES string of the molecule is C/C(=C\CN(C)C(=O)C(NC(=O)C1CCCCN1C(C)C)C(C)(C)C)C(=O)N1CCCC1.C=C(C)NC(CO)CCSC.CCC. The van der Waals surface area contributed by atoms with Gasteiger partial charge in [0.05, 0.1) is 12.6 Å². The number of nitrogens with zero attached hydrogens (tertiary/aromatic N) is 3. The Bertz CT molecular complexity index is 943. The van der Waals surface area contributed by atoms with Gasteiger partial charge in [-0.05, 0) is 83.8 Å². The molecule has 0 aliphatic carbocycles. The maximum Gasteiger partial charge on any atom is 0.249 e. The molecule has 2 aliphatic rings. The summed E-state index contributed by atoms with van der Waals surface area (Å²) in [5.41, 5.74) is 1.16. The maximum atomic E-state index is 13.3. The van der Waals surface area contributed by atoms with E-state index in [1.54, 1.807) is 23.7 Å². The predicted octanol–water partition coefficient (Wildman–Crippen LogP) is 5.45. The van der Waals surface area contributed by atoms with Gasteiger partial charge < -0.3 is 25.5 Å². The van der Waals surface area contributed by atoms with Crippen LogP contribution >= 0.6 is 11.8 Å². The Morgan fingerprint density at radius 1 is 1.04 bits per heavy atom. The summed E-state index contributed by atoms with van der Waals surface area (Å²) in [7, 11) is 1.73. The predicted molar refractivity (Wildman–Crippen MR) is 196 cm³/mol. The minimum atomic E-state index is -0.626. The van der Waals surface area contributed by atoms with Gasteiger partial charge in [0.25, 0.3) is 0 Å². The first-order valence-electron chi connectivity index (χ1n) is 17.3. The molecular weight excluding hydrogens is 598 g/mol. The van der Waals surface area contributed by atoms with Crippen molar-refractivity contribution in [3.63, 3.8) is 0 Å². The van der Waals surface area contributed by atoms with Crippen molar-refractivity contribution in [2.75, 3.05) is 51.8 Å². The van der Waals surface area contributed by atoms with E-state index in [2.05, 4.69) is 56.1 Å². The van der Waals surface area contributed by atoms with Crippen LogP contribution in [0.4, 0.5) is 0 Å². The van der Waals surface area contributed by atoms with Gasteiger partial charge in [-0.3, -0.25) is 19.3 Å². The number of amides is 3. The number of rotatable bonds is 13. The zero-order valence-electron chi connectivity index (χ0n) is 31.2. The van der Waals surface area contributed by atoms with Crippen LogP contribution in [0.15, 0.2) is 23.9 Å². The smallest absolute Gasteiger partial charge is 0.249 e. The van der Waals surface area contributed by atoms with E-state index >= 15 is 0 Å². The summed E-state index contributed by atoms with van der Waals surface area (Å²) in [6.45, 7) is 24.9. The Balaban J connectivity index is 0.00000121. The lowest BCUT2D eigenvalue weighted by atomic mass is 9.85. The third kappa shape index (κ3) is 16.7. The van der Waals surface area contributed by atoms with Crippen LogP contribution in [0.25, 0.3) is 0 Å². The van der Waals surface area contributed by atoms with Crippen LogP contribution in [-0.2, 0) is 14.4 Å². The van der Waals surface area contributed by atoms with Crippen LogP contribution in [0.1, 0.15) is 107 Å². The summed E-state index contributed by atoms with van der Waals surface area (Å²) in [5.74, 6) is 0.937. The molecule has 9 nitrogen and oxygen atoms in total. The van der Waals surface area contributed by atoms with Crippen molar-refractivity contribution in [1.29, 1.82) is 0 Å². The molecule has 46 heavy (non-hydrogen) atoms. The minimum Gasteiger partial charge on any atom is -0.394 e. The van der Waals surface area contributed by atoms with Gasteiger partial charge in [-0.1, -0.05) is 60.1 Å². The van der Waals surface area contributed by atoms with Gasteiger partial charge >= 0.3 is 0 Å². The largest absolute Gasteiger partial charge is 0.394 e. The van der Waals surface area contributed by atoms with Crippen molar-refractivity contribution in [2.24, 2.45) is 5.41 Å². The van der Waals surface area contributed by atoms with Crippen LogP contribution in [0, 0.1) is 5.41 Å². The molecule has 0 radical (unpaired) electrons. The van der Waals surface area contributed by atoms with Gasteiger partial charge in [-0.2, -0.15) is 11.8 Å². The first-order valence-corrected chi connectivity index (χ1v) is 18.7. The van der Waals surface area contributed by atoms with Gasteiger partial charge in [0, 0.05) is 50.0 Å². The van der Waals surface area contributed by atoms with E-state index in [0.29, 0.717) is 18.2 Å². The molecule has 0 bridgehead atoms. The van der Waals surface area contributed by atoms with Crippen molar-refractivity contribution in [2.45, 2.75) is 131 Å². The van der Waals surface area contributed by atoms with Crippen LogP contribution < -0.4 is 10.6 Å². The number of thioether (sulfide) groups is 1. The van der Waals surface area contributed by atoms with E-state index in [-0.39, 0.29) is 36.4 Å². The molecule has 3 amide bonds. The summed E-state index contributed by atoms with van der Waals surface area (Å²) in [6.07, 6.45) is 11.2. The fourth-order valence-corrected chi connectivity index (χ4v) is 5.92. The van der Waals surface area contributed by atoms with Crippen molar-refractivity contribution < 1.29 is 19.5 Å². The number of piperidine rings is 1. The van der Waals surface area contributed by atoms with Gasteiger partial charge in [-0.25, -0.2) is 0 Å². The lowest BCUT2D eigenvalue weighted by Gasteiger charge is -2.40. The van der Waals surface area contributed by atoms with Crippen molar-refractivity contribution in [3.8, 4) is 0 Å². The number of allylic oxidation sites excluding steroid dienone is 1. The summed E-state index contributed by atoms with van der Waals surface area (Å²) >= 11 is 1.79. The molecule has 2 heterocycles. The summed E-state index contributed by atoms with van der Waals surface area (Å²) < 4.78 is 0. The Morgan fingerprint density at radius 3 is 2.09 bits per heavy atom. The average Bonchev–Trinajstić information content (AvgIpc) is 3.55. The van der Waals surface area contributed by atoms with Gasteiger partial charge in [0.1, 0.15) is 6.04 Å². The van der Waals surface area contributed by atoms with Crippen molar-refractivity contribution in [3.05, 3.63) is 23.9 Å². The number of hydrogen-bond acceptors (Lipinski definition) is 7. The van der Waals surface area contributed by atoms with Crippen molar-refractivity contribution >= 4 is 29.5 Å². The summed E-state index contributed by atoms with van der Waals surface area (Å²) in [4.78, 5) is 44.8. The molecule has 3 N–H and O–H groups in total. The summed E-state index contributed by atoms with van der Waals surface area (Å²) in [6, 6.07) is -0.343. The number of carbonyl (C=O) groups is 3. The second-order valence-electron chi connectivity index (χ2n) is 14.0. The first-order chi connectivity index (χ1) is 21.5. The minimum absolute atomic E-state index is 0.0510. The molecule has 2 fully saturated rings. The molecule has 268 valence electrons. The second kappa shape index (κ2) is 23.3. The zero-order valence-corrected chi connectivity index (χ0v) is 32.0. The maximum absolute atomic E-state index is 13.3. The van der Waals surface area contributed by atoms with Crippen LogP contribution in [0.5, 0.6) is 0 Å². The Labute approximate surface area is 286 Å². The topological polar surface area (TPSA) is 105 Å².